The van der Waals surface area contributed by atoms with Gasteiger partial charge < -0.3 is 24.3 Å². The molecule has 0 spiro atoms. The van der Waals surface area contributed by atoms with Crippen LogP contribution < -0.4 is 10.1 Å². The molecule has 0 saturated carbocycles. The number of esters is 2. The molecule has 0 aliphatic rings. The number of carbonyl (C=O) groups excluding carboxylic acids is 3. The zero-order valence-corrected chi connectivity index (χ0v) is 25.9. The Bertz CT molecular complexity index is 1770. The molecule has 1 N–H and O–H groups in total. The van der Waals surface area contributed by atoms with Gasteiger partial charge in [0, 0.05) is 22.6 Å². The summed E-state index contributed by atoms with van der Waals surface area (Å²) in [5, 5.41) is 4.08. The summed E-state index contributed by atoms with van der Waals surface area (Å²) in [5.41, 5.74) is 2.21. The van der Waals surface area contributed by atoms with E-state index < -0.39 is 23.9 Å². The second-order valence-electron chi connectivity index (χ2n) is 10.4. The minimum Gasteiger partial charge on any atom is -0.456 e. The third kappa shape index (κ3) is 7.42. The van der Waals surface area contributed by atoms with Crippen molar-refractivity contribution in [2.75, 3.05) is 26.2 Å². The van der Waals surface area contributed by atoms with E-state index in [1.807, 2.05) is 38.1 Å². The number of benzene rings is 4. The zero-order chi connectivity index (χ0) is 31.8. The Morgan fingerprint density at radius 2 is 1.36 bits per heavy atom. The highest BCUT2D eigenvalue weighted by Crippen LogP contribution is 2.36. The number of para-hydroxylation sites is 1. The average molecular weight is 624 g/mol. The Hall–Kier alpha value is -4.92. The molecule has 1 amide bonds. The molecule has 0 aliphatic heterocycles. The van der Waals surface area contributed by atoms with Gasteiger partial charge in [0.2, 0.25) is 0 Å². The molecule has 1 unspecified atom stereocenters. The van der Waals surface area contributed by atoms with Gasteiger partial charge in [-0.3, -0.25) is 4.79 Å². The second kappa shape index (κ2) is 14.7. The lowest BCUT2D eigenvalue weighted by Gasteiger charge is -2.25. The van der Waals surface area contributed by atoms with Gasteiger partial charge in [-0.25, -0.2) is 9.59 Å². The third-order valence-electron chi connectivity index (χ3n) is 7.46. The van der Waals surface area contributed by atoms with Crippen LogP contribution in [-0.2, 0) is 4.74 Å². The molecule has 0 aliphatic carbocycles. The van der Waals surface area contributed by atoms with E-state index in [4.69, 9.17) is 21.1 Å². The van der Waals surface area contributed by atoms with Crippen molar-refractivity contribution in [2.45, 2.75) is 20.0 Å². The number of nitrogens with one attached hydrogen (secondary N) is 1. The maximum atomic E-state index is 14.2. The third-order valence-corrected chi connectivity index (χ3v) is 7.71. The molecule has 4 aromatic carbocycles. The lowest BCUT2D eigenvalue weighted by Crippen LogP contribution is -2.43. The van der Waals surface area contributed by atoms with Crippen LogP contribution in [0, 0.1) is 0 Å². The predicted octanol–water partition coefficient (Wildman–Crippen LogP) is 6.80. The van der Waals surface area contributed by atoms with Crippen molar-refractivity contribution < 1.29 is 23.9 Å². The normalized spacial score (nSPS) is 11.7. The van der Waals surface area contributed by atoms with Crippen LogP contribution in [0.5, 0.6) is 5.75 Å². The summed E-state index contributed by atoms with van der Waals surface area (Å²) < 4.78 is 13.6. The average Bonchev–Trinajstić information content (AvgIpc) is 3.40. The lowest BCUT2D eigenvalue weighted by atomic mass is 10.2. The molecule has 230 valence electrons. The molecule has 1 atom stereocenters. The summed E-state index contributed by atoms with van der Waals surface area (Å²) >= 11 is 6.19. The van der Waals surface area contributed by atoms with Gasteiger partial charge in [0.05, 0.1) is 23.2 Å². The summed E-state index contributed by atoms with van der Waals surface area (Å²) in [6.45, 7) is 5.98. The largest absolute Gasteiger partial charge is 0.456 e. The Balaban J connectivity index is 1.52. The first-order chi connectivity index (χ1) is 21.9. The Morgan fingerprint density at radius 3 is 1.98 bits per heavy atom. The van der Waals surface area contributed by atoms with Gasteiger partial charge >= 0.3 is 11.9 Å². The number of ether oxygens (including phenoxy) is 2. The number of nitrogens with zero attached hydrogens (tertiary/aromatic N) is 2. The van der Waals surface area contributed by atoms with Crippen LogP contribution in [0.3, 0.4) is 0 Å². The first kappa shape index (κ1) is 31.5. The Morgan fingerprint density at radius 1 is 0.778 bits per heavy atom. The fourth-order valence-electron chi connectivity index (χ4n) is 5.10. The zero-order valence-electron chi connectivity index (χ0n) is 25.1. The number of carbonyl (C=O) groups is 3. The summed E-state index contributed by atoms with van der Waals surface area (Å²) in [6.07, 6.45) is -0.648. The van der Waals surface area contributed by atoms with E-state index in [0.717, 1.165) is 13.1 Å². The molecule has 8 nitrogen and oxygen atoms in total. The SMILES string of the molecule is CCN(CC)CC(CNC(=O)c1c(OC(=O)c2ccccc2)c2ccccc2n1-c1ccc(Cl)cc1)OC(=O)c1ccccc1. The molecule has 0 radical (unpaired) electrons. The van der Waals surface area contributed by atoms with Crippen molar-refractivity contribution in [1.29, 1.82) is 0 Å². The van der Waals surface area contributed by atoms with Crippen molar-refractivity contribution in [3.8, 4) is 11.4 Å². The number of hydrogen-bond acceptors (Lipinski definition) is 6. The fourth-order valence-corrected chi connectivity index (χ4v) is 5.23. The molecule has 1 aromatic heterocycles. The van der Waals surface area contributed by atoms with Crippen molar-refractivity contribution in [2.24, 2.45) is 0 Å². The minimum atomic E-state index is -0.648. The van der Waals surface area contributed by atoms with Gasteiger partial charge in [-0.05, 0) is 73.8 Å². The number of halogens is 1. The van der Waals surface area contributed by atoms with Crippen molar-refractivity contribution >= 4 is 40.3 Å². The fraction of sp³-hybridized carbons (Fsp3) is 0.194. The quantitative estimate of drug-likeness (QED) is 0.154. The predicted molar refractivity (Wildman–Crippen MR) is 175 cm³/mol. The van der Waals surface area contributed by atoms with Crippen LogP contribution >= 0.6 is 11.6 Å². The van der Waals surface area contributed by atoms with Crippen LogP contribution in [-0.4, -0.2) is 59.6 Å². The topological polar surface area (TPSA) is 89.9 Å². The standard InChI is InChI=1S/C36H34ClN3O5/c1-3-39(4-2)24-29(44-35(42)25-13-7-5-8-14-25)23-38-34(41)32-33(45-36(43)26-15-9-6-10-16-26)30-17-11-12-18-31(30)40(32)28-21-19-27(37)20-22-28/h5-22,29H,3-4,23-24H2,1-2H3,(H,38,41). The van der Waals surface area contributed by atoms with E-state index in [9.17, 15) is 14.4 Å². The number of likely N-dealkylation sites (N-methyl/N-ethyl adjacent to an activating group) is 1. The van der Waals surface area contributed by atoms with Crippen LogP contribution in [0.1, 0.15) is 45.1 Å². The molecule has 0 bridgehead atoms. The molecule has 5 rings (SSSR count). The summed E-state index contributed by atoms with van der Waals surface area (Å²) in [7, 11) is 0. The van der Waals surface area contributed by atoms with Gasteiger partial charge in [0.15, 0.2) is 11.4 Å². The number of fused-ring (bicyclic) bond motifs is 1. The number of amides is 1. The molecule has 1 heterocycles. The first-order valence-corrected chi connectivity index (χ1v) is 15.2. The molecular weight excluding hydrogens is 590 g/mol. The summed E-state index contributed by atoms with van der Waals surface area (Å²) in [6, 6.07) is 31.7. The minimum absolute atomic E-state index is 0.0299. The van der Waals surface area contributed by atoms with E-state index in [1.165, 1.54) is 0 Å². The van der Waals surface area contributed by atoms with E-state index in [-0.39, 0.29) is 18.0 Å². The second-order valence-corrected chi connectivity index (χ2v) is 10.8. The monoisotopic (exact) mass is 623 g/mol. The van der Waals surface area contributed by atoms with Gasteiger partial charge in [-0.1, -0.05) is 74.0 Å². The molecule has 45 heavy (non-hydrogen) atoms. The highest BCUT2D eigenvalue weighted by Gasteiger charge is 2.28. The molecular formula is C36H34ClN3O5. The smallest absolute Gasteiger partial charge is 0.343 e. The molecule has 0 fully saturated rings. The van der Waals surface area contributed by atoms with Crippen LogP contribution in [0.15, 0.2) is 109 Å². The van der Waals surface area contributed by atoms with E-state index in [1.54, 1.807) is 89.5 Å². The highest BCUT2D eigenvalue weighted by atomic mass is 35.5. The van der Waals surface area contributed by atoms with Gasteiger partial charge in [0.1, 0.15) is 6.10 Å². The number of hydrogen-bond donors (Lipinski definition) is 1. The van der Waals surface area contributed by atoms with E-state index in [0.29, 0.717) is 39.3 Å². The van der Waals surface area contributed by atoms with Crippen LogP contribution in [0.4, 0.5) is 0 Å². The summed E-state index contributed by atoms with van der Waals surface area (Å²) in [4.78, 5) is 42.6. The lowest BCUT2D eigenvalue weighted by molar-refractivity contribution is 0.0209. The van der Waals surface area contributed by atoms with Gasteiger partial charge in [-0.15, -0.1) is 0 Å². The summed E-state index contributed by atoms with van der Waals surface area (Å²) in [5.74, 6) is -1.46. The maximum absolute atomic E-state index is 14.2. The van der Waals surface area contributed by atoms with Gasteiger partial charge in [-0.2, -0.15) is 0 Å². The Labute approximate surface area is 267 Å². The molecule has 5 aromatic rings. The number of rotatable bonds is 12. The van der Waals surface area contributed by atoms with E-state index in [2.05, 4.69) is 10.2 Å². The number of aromatic nitrogens is 1. The van der Waals surface area contributed by atoms with Crippen LogP contribution in [0.2, 0.25) is 5.02 Å². The first-order valence-electron chi connectivity index (χ1n) is 14.8. The molecule has 0 saturated heterocycles. The van der Waals surface area contributed by atoms with Crippen molar-refractivity contribution in [3.05, 3.63) is 131 Å². The van der Waals surface area contributed by atoms with E-state index >= 15 is 0 Å². The van der Waals surface area contributed by atoms with Crippen LogP contribution in [0.25, 0.3) is 16.6 Å². The maximum Gasteiger partial charge on any atom is 0.343 e. The molecule has 9 heteroatoms. The van der Waals surface area contributed by atoms with Gasteiger partial charge in [0.25, 0.3) is 5.91 Å². The van der Waals surface area contributed by atoms with Crippen molar-refractivity contribution in [1.82, 2.24) is 14.8 Å². The Kier molecular flexibility index (Phi) is 10.3. The highest BCUT2D eigenvalue weighted by molar-refractivity contribution is 6.30. The van der Waals surface area contributed by atoms with Crippen molar-refractivity contribution in [3.63, 3.8) is 0 Å².